The molecule has 0 bridgehead atoms. The van der Waals surface area contributed by atoms with E-state index in [1.54, 1.807) is 6.92 Å². The predicted molar refractivity (Wildman–Crippen MR) is 77.4 cm³/mol. The quantitative estimate of drug-likeness (QED) is 0.517. The van der Waals surface area contributed by atoms with E-state index in [0.717, 1.165) is 17.0 Å². The second kappa shape index (κ2) is 6.23. The lowest BCUT2D eigenvalue weighted by Gasteiger charge is -2.07. The average Bonchev–Trinajstić information content (AvgIpc) is 2.93. The van der Waals surface area contributed by atoms with Gasteiger partial charge in [0.25, 0.3) is 0 Å². The molecule has 1 aromatic carbocycles. The van der Waals surface area contributed by atoms with Gasteiger partial charge in [-0.15, -0.1) is 0 Å². The highest BCUT2D eigenvalue weighted by atomic mass is 16.5. The fourth-order valence-corrected chi connectivity index (χ4v) is 1.77. The molecule has 5 nitrogen and oxygen atoms in total. The standard InChI is InChI=1S/C15H19N3O2/c1-11(2)18-8-7-14(16-18)10-20-15-6-4-5-13(9-15)12(3)17-19/h4-9,11,19H,10H2,1-3H3. The van der Waals surface area contributed by atoms with E-state index in [1.807, 2.05) is 41.2 Å². The molecule has 106 valence electrons. The molecule has 2 rings (SSSR count). The molecule has 1 N–H and O–H groups in total. The molecule has 0 saturated carbocycles. The molecular formula is C15H19N3O2. The van der Waals surface area contributed by atoms with Gasteiger partial charge in [0.05, 0.1) is 11.4 Å². The van der Waals surface area contributed by atoms with Crippen LogP contribution < -0.4 is 4.74 Å². The maximum absolute atomic E-state index is 8.78. The number of benzene rings is 1. The van der Waals surface area contributed by atoms with Gasteiger partial charge >= 0.3 is 0 Å². The monoisotopic (exact) mass is 273 g/mol. The first-order chi connectivity index (χ1) is 9.60. The third-order valence-corrected chi connectivity index (χ3v) is 2.98. The summed E-state index contributed by atoms with van der Waals surface area (Å²) in [5.41, 5.74) is 2.27. The predicted octanol–water partition coefficient (Wildman–Crippen LogP) is 3.24. The van der Waals surface area contributed by atoms with Crippen molar-refractivity contribution >= 4 is 5.71 Å². The lowest BCUT2D eigenvalue weighted by atomic mass is 10.1. The smallest absolute Gasteiger partial charge is 0.132 e. The molecule has 5 heteroatoms. The zero-order valence-corrected chi connectivity index (χ0v) is 11.9. The topological polar surface area (TPSA) is 59.6 Å². The van der Waals surface area contributed by atoms with Crippen LogP contribution in [-0.4, -0.2) is 20.7 Å². The number of hydrogen-bond donors (Lipinski definition) is 1. The van der Waals surface area contributed by atoms with Crippen LogP contribution in [0.3, 0.4) is 0 Å². The molecule has 2 aromatic rings. The van der Waals surface area contributed by atoms with Crippen molar-refractivity contribution in [3.8, 4) is 5.75 Å². The Bertz CT molecular complexity index is 603. The van der Waals surface area contributed by atoms with E-state index < -0.39 is 0 Å². The summed E-state index contributed by atoms with van der Waals surface area (Å²) in [4.78, 5) is 0. The van der Waals surface area contributed by atoms with Crippen LogP contribution in [0.4, 0.5) is 0 Å². The van der Waals surface area contributed by atoms with Crippen LogP contribution in [0.5, 0.6) is 5.75 Å². The van der Waals surface area contributed by atoms with Gasteiger partial charge in [0.2, 0.25) is 0 Å². The molecular weight excluding hydrogens is 254 g/mol. The Labute approximate surface area is 118 Å². The SMILES string of the molecule is CC(=NO)c1cccc(OCc2ccn(C(C)C)n2)c1. The number of ether oxygens (including phenoxy) is 1. The van der Waals surface area contributed by atoms with Gasteiger partial charge in [-0.3, -0.25) is 4.68 Å². The van der Waals surface area contributed by atoms with Crippen LogP contribution in [0, 0.1) is 0 Å². The van der Waals surface area contributed by atoms with Crippen LogP contribution in [0.2, 0.25) is 0 Å². The fourth-order valence-electron chi connectivity index (χ4n) is 1.77. The van der Waals surface area contributed by atoms with Gasteiger partial charge in [0, 0.05) is 17.8 Å². The summed E-state index contributed by atoms with van der Waals surface area (Å²) in [5.74, 6) is 0.726. The zero-order valence-electron chi connectivity index (χ0n) is 11.9. The average molecular weight is 273 g/mol. The van der Waals surface area contributed by atoms with Crippen molar-refractivity contribution in [1.82, 2.24) is 9.78 Å². The largest absolute Gasteiger partial charge is 0.487 e. The Hall–Kier alpha value is -2.30. The molecule has 0 aliphatic carbocycles. The highest BCUT2D eigenvalue weighted by Crippen LogP contribution is 2.16. The third kappa shape index (κ3) is 3.38. The van der Waals surface area contributed by atoms with Gasteiger partial charge in [0.1, 0.15) is 12.4 Å². The highest BCUT2D eigenvalue weighted by molar-refractivity contribution is 5.98. The molecule has 0 fully saturated rings. The van der Waals surface area contributed by atoms with E-state index >= 15 is 0 Å². The number of nitrogens with zero attached hydrogens (tertiary/aromatic N) is 3. The van der Waals surface area contributed by atoms with Crippen LogP contribution in [0.1, 0.15) is 38.1 Å². The first-order valence-electron chi connectivity index (χ1n) is 6.56. The normalized spacial score (nSPS) is 11.9. The molecule has 0 aliphatic heterocycles. The van der Waals surface area contributed by atoms with E-state index in [9.17, 15) is 0 Å². The van der Waals surface area contributed by atoms with Gasteiger partial charge in [-0.05, 0) is 39.0 Å². The van der Waals surface area contributed by atoms with Crippen molar-refractivity contribution < 1.29 is 9.94 Å². The molecule has 0 unspecified atom stereocenters. The maximum Gasteiger partial charge on any atom is 0.132 e. The molecule has 1 aromatic heterocycles. The van der Waals surface area contributed by atoms with Crippen LogP contribution in [0.15, 0.2) is 41.7 Å². The molecule has 0 aliphatic rings. The van der Waals surface area contributed by atoms with E-state index in [4.69, 9.17) is 9.94 Å². The minimum absolute atomic E-state index is 0.343. The minimum atomic E-state index is 0.343. The summed E-state index contributed by atoms with van der Waals surface area (Å²) in [7, 11) is 0. The lowest BCUT2D eigenvalue weighted by molar-refractivity contribution is 0.298. The van der Waals surface area contributed by atoms with Crippen molar-refractivity contribution in [2.75, 3.05) is 0 Å². The summed E-state index contributed by atoms with van der Waals surface area (Å²) in [5, 5.41) is 16.4. The van der Waals surface area contributed by atoms with Crippen LogP contribution >= 0.6 is 0 Å². The highest BCUT2D eigenvalue weighted by Gasteiger charge is 2.04. The van der Waals surface area contributed by atoms with Crippen LogP contribution in [-0.2, 0) is 6.61 Å². The molecule has 0 amide bonds. The van der Waals surface area contributed by atoms with Crippen molar-refractivity contribution in [2.45, 2.75) is 33.4 Å². The van der Waals surface area contributed by atoms with Gasteiger partial charge in [-0.25, -0.2) is 0 Å². The first-order valence-corrected chi connectivity index (χ1v) is 6.56. The van der Waals surface area contributed by atoms with Crippen molar-refractivity contribution in [2.24, 2.45) is 5.16 Å². The van der Waals surface area contributed by atoms with Gasteiger partial charge in [-0.1, -0.05) is 17.3 Å². The number of rotatable bonds is 5. The van der Waals surface area contributed by atoms with Gasteiger partial charge in [0.15, 0.2) is 0 Å². The molecule has 1 heterocycles. The first kappa shape index (κ1) is 14.1. The Morgan fingerprint density at radius 1 is 1.40 bits per heavy atom. The summed E-state index contributed by atoms with van der Waals surface area (Å²) >= 11 is 0. The Morgan fingerprint density at radius 3 is 2.85 bits per heavy atom. The molecule has 0 saturated heterocycles. The minimum Gasteiger partial charge on any atom is -0.487 e. The molecule has 0 spiro atoms. The third-order valence-electron chi connectivity index (χ3n) is 2.98. The van der Waals surface area contributed by atoms with Crippen molar-refractivity contribution in [3.63, 3.8) is 0 Å². The lowest BCUT2D eigenvalue weighted by Crippen LogP contribution is -2.03. The maximum atomic E-state index is 8.78. The fraction of sp³-hybridized carbons (Fsp3) is 0.333. The summed E-state index contributed by atoms with van der Waals surface area (Å²) in [6.45, 7) is 6.32. The summed E-state index contributed by atoms with van der Waals surface area (Å²) in [6.07, 6.45) is 1.95. The summed E-state index contributed by atoms with van der Waals surface area (Å²) in [6, 6.07) is 9.74. The number of aromatic nitrogens is 2. The van der Waals surface area contributed by atoms with Gasteiger partial charge < -0.3 is 9.94 Å². The van der Waals surface area contributed by atoms with Crippen molar-refractivity contribution in [1.29, 1.82) is 0 Å². The second-order valence-corrected chi connectivity index (χ2v) is 4.88. The number of oxime groups is 1. The summed E-state index contributed by atoms with van der Waals surface area (Å²) < 4.78 is 7.61. The zero-order chi connectivity index (χ0) is 14.5. The number of hydrogen-bond acceptors (Lipinski definition) is 4. The van der Waals surface area contributed by atoms with E-state index in [1.165, 1.54) is 0 Å². The van der Waals surface area contributed by atoms with E-state index in [0.29, 0.717) is 18.4 Å². The molecule has 0 radical (unpaired) electrons. The van der Waals surface area contributed by atoms with E-state index in [2.05, 4.69) is 24.1 Å². The Kier molecular flexibility index (Phi) is 4.40. The Balaban J connectivity index is 2.03. The van der Waals surface area contributed by atoms with Gasteiger partial charge in [-0.2, -0.15) is 5.10 Å². The van der Waals surface area contributed by atoms with Crippen LogP contribution in [0.25, 0.3) is 0 Å². The van der Waals surface area contributed by atoms with E-state index in [-0.39, 0.29) is 0 Å². The second-order valence-electron chi connectivity index (χ2n) is 4.88. The molecule has 20 heavy (non-hydrogen) atoms. The van der Waals surface area contributed by atoms with Crippen molar-refractivity contribution in [3.05, 3.63) is 47.8 Å². The molecule has 0 atom stereocenters. The Morgan fingerprint density at radius 2 is 2.20 bits per heavy atom.